The Morgan fingerprint density at radius 2 is 1.92 bits per heavy atom. The average molecular weight is 361 g/mol. The van der Waals surface area contributed by atoms with Gasteiger partial charge in [0.15, 0.2) is 5.76 Å². The van der Waals surface area contributed by atoms with Crippen molar-refractivity contribution in [3.63, 3.8) is 0 Å². The third-order valence-electron chi connectivity index (χ3n) is 3.89. The molecule has 3 rings (SSSR count). The number of likely N-dealkylation sites (tertiary alicyclic amines) is 1. The lowest BCUT2D eigenvalue weighted by Gasteiger charge is -2.14. The summed E-state index contributed by atoms with van der Waals surface area (Å²) < 4.78 is 5.02. The van der Waals surface area contributed by atoms with Gasteiger partial charge in [-0.2, -0.15) is 0 Å². The van der Waals surface area contributed by atoms with E-state index in [0.717, 1.165) is 25.9 Å². The van der Waals surface area contributed by atoms with Crippen LogP contribution in [-0.4, -0.2) is 42.3 Å². The molecule has 0 radical (unpaired) electrons. The van der Waals surface area contributed by atoms with Gasteiger partial charge >= 0.3 is 0 Å². The summed E-state index contributed by atoms with van der Waals surface area (Å²) in [5, 5.41) is 5.97. The van der Waals surface area contributed by atoms with Crippen LogP contribution in [0.2, 0.25) is 0 Å². The standard InChI is InChI=1S/C17H19N3O4S/c21-15(20-9-1-2-10-20)7-8-18-17(23)13-5-6-14(25-13)19-16(22)12-4-3-11-24-12/h3-6,11H,1-2,7-10H2,(H,18,23)(H,19,22). The van der Waals surface area contributed by atoms with Crippen molar-refractivity contribution in [2.45, 2.75) is 19.3 Å². The second kappa shape index (κ2) is 7.98. The highest BCUT2D eigenvalue weighted by atomic mass is 32.1. The van der Waals surface area contributed by atoms with Gasteiger partial charge < -0.3 is 20.0 Å². The molecule has 8 heteroatoms. The van der Waals surface area contributed by atoms with Crippen molar-refractivity contribution >= 4 is 34.1 Å². The number of carbonyl (C=O) groups excluding carboxylic acids is 3. The second-order valence-electron chi connectivity index (χ2n) is 5.69. The smallest absolute Gasteiger partial charge is 0.291 e. The Hall–Kier alpha value is -2.61. The minimum absolute atomic E-state index is 0.0791. The van der Waals surface area contributed by atoms with Gasteiger partial charge in [0.25, 0.3) is 11.8 Å². The van der Waals surface area contributed by atoms with Crippen LogP contribution in [0.25, 0.3) is 0 Å². The van der Waals surface area contributed by atoms with Crippen molar-refractivity contribution in [2.75, 3.05) is 25.0 Å². The maximum absolute atomic E-state index is 12.1. The van der Waals surface area contributed by atoms with Crippen LogP contribution in [-0.2, 0) is 4.79 Å². The monoisotopic (exact) mass is 361 g/mol. The van der Waals surface area contributed by atoms with Gasteiger partial charge in [-0.3, -0.25) is 14.4 Å². The number of furan rings is 1. The molecule has 0 atom stereocenters. The molecule has 7 nitrogen and oxygen atoms in total. The lowest BCUT2D eigenvalue weighted by molar-refractivity contribution is -0.129. The summed E-state index contributed by atoms with van der Waals surface area (Å²) in [5.74, 6) is -0.331. The second-order valence-corrected chi connectivity index (χ2v) is 6.77. The highest BCUT2D eigenvalue weighted by Crippen LogP contribution is 2.22. The molecular weight excluding hydrogens is 342 g/mol. The van der Waals surface area contributed by atoms with Crippen molar-refractivity contribution < 1.29 is 18.8 Å². The van der Waals surface area contributed by atoms with Gasteiger partial charge in [0, 0.05) is 26.1 Å². The maximum Gasteiger partial charge on any atom is 0.291 e. The Balaban J connectivity index is 1.45. The van der Waals surface area contributed by atoms with E-state index in [1.165, 1.54) is 17.6 Å². The molecular formula is C17H19N3O4S. The van der Waals surface area contributed by atoms with Crippen molar-refractivity contribution in [1.82, 2.24) is 10.2 Å². The summed E-state index contributed by atoms with van der Waals surface area (Å²) in [6.07, 6.45) is 3.84. The predicted octanol–water partition coefficient (Wildman–Crippen LogP) is 2.34. The fourth-order valence-electron chi connectivity index (χ4n) is 2.60. The Labute approximate surface area is 149 Å². The molecule has 1 aliphatic rings. The first kappa shape index (κ1) is 17.2. The first-order valence-corrected chi connectivity index (χ1v) is 8.96. The minimum atomic E-state index is -0.366. The van der Waals surface area contributed by atoms with Crippen LogP contribution in [0, 0.1) is 0 Å². The lowest BCUT2D eigenvalue weighted by atomic mass is 10.3. The van der Waals surface area contributed by atoms with E-state index in [4.69, 9.17) is 4.42 Å². The van der Waals surface area contributed by atoms with Crippen LogP contribution >= 0.6 is 11.3 Å². The van der Waals surface area contributed by atoms with Gasteiger partial charge in [-0.25, -0.2) is 0 Å². The van der Waals surface area contributed by atoms with Crippen LogP contribution in [0.15, 0.2) is 34.9 Å². The van der Waals surface area contributed by atoms with E-state index < -0.39 is 0 Å². The zero-order chi connectivity index (χ0) is 17.6. The van der Waals surface area contributed by atoms with Crippen molar-refractivity contribution in [3.05, 3.63) is 41.2 Å². The van der Waals surface area contributed by atoms with E-state index >= 15 is 0 Å². The van der Waals surface area contributed by atoms with E-state index in [9.17, 15) is 14.4 Å². The topological polar surface area (TPSA) is 91.7 Å². The van der Waals surface area contributed by atoms with Crippen LogP contribution in [0.3, 0.4) is 0 Å². The minimum Gasteiger partial charge on any atom is -0.459 e. The molecule has 25 heavy (non-hydrogen) atoms. The largest absolute Gasteiger partial charge is 0.459 e. The molecule has 0 unspecified atom stereocenters. The molecule has 0 spiro atoms. The molecule has 2 N–H and O–H groups in total. The molecule has 2 aromatic rings. The van der Waals surface area contributed by atoms with E-state index in [1.807, 2.05) is 4.90 Å². The number of anilines is 1. The predicted molar refractivity (Wildman–Crippen MR) is 93.7 cm³/mol. The van der Waals surface area contributed by atoms with E-state index in [2.05, 4.69) is 10.6 Å². The summed E-state index contributed by atoms with van der Waals surface area (Å²) in [5.41, 5.74) is 0. The van der Waals surface area contributed by atoms with E-state index in [0.29, 0.717) is 22.8 Å². The molecule has 2 aromatic heterocycles. The van der Waals surface area contributed by atoms with Crippen LogP contribution in [0.1, 0.15) is 39.5 Å². The fourth-order valence-corrected chi connectivity index (χ4v) is 3.42. The summed E-state index contributed by atoms with van der Waals surface area (Å²) in [6, 6.07) is 6.50. The molecule has 0 aromatic carbocycles. The zero-order valence-electron chi connectivity index (χ0n) is 13.6. The number of carbonyl (C=O) groups is 3. The van der Waals surface area contributed by atoms with Crippen LogP contribution in [0.4, 0.5) is 5.00 Å². The molecule has 0 bridgehead atoms. The Morgan fingerprint density at radius 1 is 1.12 bits per heavy atom. The van der Waals surface area contributed by atoms with Gasteiger partial charge in [0.2, 0.25) is 5.91 Å². The van der Waals surface area contributed by atoms with Gasteiger partial charge in [0.05, 0.1) is 16.1 Å². The quantitative estimate of drug-likeness (QED) is 0.826. The Morgan fingerprint density at radius 3 is 2.64 bits per heavy atom. The summed E-state index contributed by atoms with van der Waals surface area (Å²) in [7, 11) is 0. The van der Waals surface area contributed by atoms with Gasteiger partial charge in [-0.15, -0.1) is 11.3 Å². The molecule has 3 heterocycles. The normalized spacial score (nSPS) is 13.7. The van der Waals surface area contributed by atoms with Gasteiger partial charge in [0.1, 0.15) is 0 Å². The summed E-state index contributed by atoms with van der Waals surface area (Å²) >= 11 is 1.17. The number of amides is 3. The summed E-state index contributed by atoms with van der Waals surface area (Å²) in [6.45, 7) is 1.94. The average Bonchev–Trinajstić information content (AvgIpc) is 3.35. The van der Waals surface area contributed by atoms with Gasteiger partial charge in [-0.1, -0.05) is 0 Å². The molecule has 132 valence electrons. The molecule has 3 amide bonds. The van der Waals surface area contributed by atoms with Gasteiger partial charge in [-0.05, 0) is 37.1 Å². The van der Waals surface area contributed by atoms with E-state index in [-0.39, 0.29) is 23.5 Å². The highest BCUT2D eigenvalue weighted by molar-refractivity contribution is 7.18. The number of hydrogen-bond acceptors (Lipinski definition) is 5. The van der Waals surface area contributed by atoms with E-state index in [1.54, 1.807) is 24.3 Å². The Bertz CT molecular complexity index is 748. The maximum atomic E-state index is 12.1. The number of nitrogens with zero attached hydrogens (tertiary/aromatic N) is 1. The molecule has 1 saturated heterocycles. The van der Waals surface area contributed by atoms with Crippen molar-refractivity contribution in [1.29, 1.82) is 0 Å². The SMILES string of the molecule is O=C(Nc1ccc(C(=O)NCCC(=O)N2CCCC2)s1)c1ccco1. The van der Waals surface area contributed by atoms with Crippen molar-refractivity contribution in [3.8, 4) is 0 Å². The van der Waals surface area contributed by atoms with Crippen LogP contribution in [0.5, 0.6) is 0 Å². The lowest BCUT2D eigenvalue weighted by Crippen LogP contribution is -2.32. The highest BCUT2D eigenvalue weighted by Gasteiger charge is 2.18. The Kier molecular flexibility index (Phi) is 5.49. The molecule has 0 saturated carbocycles. The molecule has 1 fully saturated rings. The first-order valence-electron chi connectivity index (χ1n) is 8.14. The number of hydrogen-bond donors (Lipinski definition) is 2. The molecule has 1 aliphatic heterocycles. The molecule has 0 aliphatic carbocycles. The first-order chi connectivity index (χ1) is 12.1. The zero-order valence-corrected chi connectivity index (χ0v) is 14.4. The van der Waals surface area contributed by atoms with Crippen molar-refractivity contribution in [2.24, 2.45) is 0 Å². The number of rotatable bonds is 6. The number of thiophene rings is 1. The summed E-state index contributed by atoms with van der Waals surface area (Å²) in [4.78, 5) is 38.2. The number of nitrogens with one attached hydrogen (secondary N) is 2. The third-order valence-corrected chi connectivity index (χ3v) is 4.89. The third kappa shape index (κ3) is 4.48. The van der Waals surface area contributed by atoms with Crippen LogP contribution < -0.4 is 10.6 Å². The fraction of sp³-hybridized carbons (Fsp3) is 0.353.